The summed E-state index contributed by atoms with van der Waals surface area (Å²) in [4.78, 5) is 8.46. The number of halogens is 1. The summed E-state index contributed by atoms with van der Waals surface area (Å²) in [6, 6.07) is 5.73. The minimum atomic E-state index is 0.361. The molecule has 1 heterocycles. The summed E-state index contributed by atoms with van der Waals surface area (Å²) in [5.41, 5.74) is 1.93. The van der Waals surface area contributed by atoms with E-state index >= 15 is 0 Å². The summed E-state index contributed by atoms with van der Waals surface area (Å²) in [7, 11) is 0. The second-order valence-corrected chi connectivity index (χ2v) is 3.95. The van der Waals surface area contributed by atoms with E-state index in [-0.39, 0.29) is 0 Å². The van der Waals surface area contributed by atoms with E-state index in [2.05, 4.69) is 23.8 Å². The van der Waals surface area contributed by atoms with Crippen LogP contribution in [0.3, 0.4) is 0 Å². The average Bonchev–Trinajstić information content (AvgIpc) is 2.17. The zero-order chi connectivity index (χ0) is 10.1. The molecule has 0 atom stereocenters. The zero-order valence-corrected chi connectivity index (χ0v) is 8.92. The molecule has 0 aliphatic rings. The maximum absolute atomic E-state index is 6.13. The molecular weight excluding hydrogens is 196 g/mol. The third-order valence-corrected chi connectivity index (χ3v) is 2.50. The first-order chi connectivity index (χ1) is 6.70. The Morgan fingerprint density at radius 1 is 1.21 bits per heavy atom. The monoisotopic (exact) mass is 206 g/mol. The third-order valence-electron chi connectivity index (χ3n) is 2.19. The third kappa shape index (κ3) is 1.46. The van der Waals surface area contributed by atoms with E-state index in [1.807, 2.05) is 18.2 Å². The number of benzene rings is 1. The van der Waals surface area contributed by atoms with Crippen molar-refractivity contribution in [2.45, 2.75) is 19.8 Å². The molecule has 0 saturated heterocycles. The molecule has 2 rings (SSSR count). The van der Waals surface area contributed by atoms with Gasteiger partial charge in [-0.2, -0.15) is 0 Å². The number of rotatable bonds is 1. The number of hydrogen-bond donors (Lipinski definition) is 0. The molecule has 0 fully saturated rings. The van der Waals surface area contributed by atoms with Crippen molar-refractivity contribution < 1.29 is 0 Å². The number of aromatic nitrogens is 2. The Labute approximate surface area is 88.0 Å². The lowest BCUT2D eigenvalue weighted by Gasteiger charge is -2.08. The Kier molecular flexibility index (Phi) is 2.38. The van der Waals surface area contributed by atoms with Crippen molar-refractivity contribution in [3.05, 3.63) is 35.2 Å². The van der Waals surface area contributed by atoms with Gasteiger partial charge in [-0.1, -0.05) is 31.5 Å². The van der Waals surface area contributed by atoms with Gasteiger partial charge < -0.3 is 0 Å². The predicted octanol–water partition coefficient (Wildman–Crippen LogP) is 3.41. The lowest BCUT2D eigenvalue weighted by Crippen LogP contribution is -1.95. The Morgan fingerprint density at radius 2 is 2.00 bits per heavy atom. The Morgan fingerprint density at radius 3 is 2.71 bits per heavy atom. The summed E-state index contributed by atoms with van der Waals surface area (Å²) in [5.74, 6) is 0.361. The van der Waals surface area contributed by atoms with Crippen LogP contribution in [0.25, 0.3) is 10.9 Å². The molecule has 2 aromatic rings. The molecule has 3 heteroatoms. The predicted molar refractivity (Wildman–Crippen MR) is 58.6 cm³/mol. The topological polar surface area (TPSA) is 25.8 Å². The van der Waals surface area contributed by atoms with E-state index in [0.717, 1.165) is 21.6 Å². The van der Waals surface area contributed by atoms with E-state index in [1.165, 1.54) is 0 Å². The highest BCUT2D eigenvalue weighted by atomic mass is 35.5. The van der Waals surface area contributed by atoms with Gasteiger partial charge in [-0.15, -0.1) is 0 Å². The molecule has 0 N–H and O–H groups in total. The molecule has 0 saturated carbocycles. The number of hydrogen-bond acceptors (Lipinski definition) is 2. The van der Waals surface area contributed by atoms with Crippen molar-refractivity contribution in [2.75, 3.05) is 0 Å². The van der Waals surface area contributed by atoms with E-state index < -0.39 is 0 Å². The zero-order valence-electron chi connectivity index (χ0n) is 8.16. The summed E-state index contributed by atoms with van der Waals surface area (Å²) >= 11 is 6.13. The van der Waals surface area contributed by atoms with Crippen LogP contribution in [0, 0.1) is 0 Å². The molecule has 0 aliphatic heterocycles. The number of fused-ring (bicyclic) bond motifs is 1. The van der Waals surface area contributed by atoms with Gasteiger partial charge >= 0.3 is 0 Å². The van der Waals surface area contributed by atoms with Crippen LogP contribution in [-0.4, -0.2) is 9.97 Å². The quantitative estimate of drug-likeness (QED) is 0.715. The SMILES string of the molecule is CC(C)c1ncnc2cccc(Cl)c12. The molecule has 72 valence electrons. The van der Waals surface area contributed by atoms with Crippen molar-refractivity contribution >= 4 is 22.5 Å². The highest BCUT2D eigenvalue weighted by Gasteiger charge is 2.09. The van der Waals surface area contributed by atoms with Crippen LogP contribution in [-0.2, 0) is 0 Å². The molecule has 1 aromatic carbocycles. The minimum Gasteiger partial charge on any atom is -0.240 e. The largest absolute Gasteiger partial charge is 0.240 e. The van der Waals surface area contributed by atoms with Gasteiger partial charge in [-0.3, -0.25) is 0 Å². The minimum absolute atomic E-state index is 0.361. The van der Waals surface area contributed by atoms with Gasteiger partial charge in [0.15, 0.2) is 0 Å². The fourth-order valence-corrected chi connectivity index (χ4v) is 1.80. The van der Waals surface area contributed by atoms with Crippen molar-refractivity contribution in [3.8, 4) is 0 Å². The van der Waals surface area contributed by atoms with Crippen LogP contribution in [0.5, 0.6) is 0 Å². The van der Waals surface area contributed by atoms with Crippen LogP contribution < -0.4 is 0 Å². The average molecular weight is 207 g/mol. The van der Waals surface area contributed by atoms with Gasteiger partial charge in [-0.25, -0.2) is 9.97 Å². The van der Waals surface area contributed by atoms with Crippen LogP contribution in [0.4, 0.5) is 0 Å². The van der Waals surface area contributed by atoms with Crippen molar-refractivity contribution in [1.29, 1.82) is 0 Å². The van der Waals surface area contributed by atoms with E-state index in [9.17, 15) is 0 Å². The highest BCUT2D eigenvalue weighted by Crippen LogP contribution is 2.27. The fourth-order valence-electron chi connectivity index (χ4n) is 1.53. The van der Waals surface area contributed by atoms with Crippen molar-refractivity contribution in [1.82, 2.24) is 9.97 Å². The smallest absolute Gasteiger partial charge is 0.116 e. The Hall–Kier alpha value is -1.15. The van der Waals surface area contributed by atoms with Gasteiger partial charge in [0, 0.05) is 5.39 Å². The van der Waals surface area contributed by atoms with Crippen LogP contribution in [0.2, 0.25) is 5.02 Å². The molecule has 1 aromatic heterocycles. The first-order valence-corrected chi connectivity index (χ1v) is 4.97. The van der Waals surface area contributed by atoms with Crippen molar-refractivity contribution in [3.63, 3.8) is 0 Å². The Bertz CT molecular complexity index is 461. The molecule has 2 nitrogen and oxygen atoms in total. The van der Waals surface area contributed by atoms with Crippen LogP contribution >= 0.6 is 11.6 Å². The second kappa shape index (κ2) is 3.54. The maximum Gasteiger partial charge on any atom is 0.116 e. The molecule has 0 radical (unpaired) electrons. The summed E-state index contributed by atoms with van der Waals surface area (Å²) < 4.78 is 0. The molecular formula is C11H11ClN2. The van der Waals surface area contributed by atoms with E-state index in [1.54, 1.807) is 6.33 Å². The maximum atomic E-state index is 6.13. The molecule has 0 amide bonds. The lowest BCUT2D eigenvalue weighted by molar-refractivity contribution is 0.828. The van der Waals surface area contributed by atoms with Gasteiger partial charge in [-0.05, 0) is 18.1 Å². The van der Waals surface area contributed by atoms with Gasteiger partial charge in [0.1, 0.15) is 6.33 Å². The second-order valence-electron chi connectivity index (χ2n) is 3.55. The summed E-state index contributed by atoms with van der Waals surface area (Å²) in [6.45, 7) is 4.20. The van der Waals surface area contributed by atoms with Crippen molar-refractivity contribution in [2.24, 2.45) is 0 Å². The van der Waals surface area contributed by atoms with Crippen LogP contribution in [0.15, 0.2) is 24.5 Å². The lowest BCUT2D eigenvalue weighted by atomic mass is 10.0. The Balaban J connectivity index is 2.84. The molecule has 0 aliphatic carbocycles. The highest BCUT2D eigenvalue weighted by molar-refractivity contribution is 6.35. The van der Waals surface area contributed by atoms with Gasteiger partial charge in [0.05, 0.1) is 16.2 Å². The first-order valence-electron chi connectivity index (χ1n) is 4.59. The molecule has 0 unspecified atom stereocenters. The standard InChI is InChI=1S/C11H11ClN2/c1-7(2)11-10-8(12)4-3-5-9(10)13-6-14-11/h3-7H,1-2H3. The van der Waals surface area contributed by atoms with Crippen LogP contribution in [0.1, 0.15) is 25.5 Å². The van der Waals surface area contributed by atoms with Gasteiger partial charge in [0.25, 0.3) is 0 Å². The summed E-state index contributed by atoms with van der Waals surface area (Å²) in [6.07, 6.45) is 1.59. The summed E-state index contributed by atoms with van der Waals surface area (Å²) in [5, 5.41) is 1.71. The first kappa shape index (κ1) is 9.41. The molecule has 14 heavy (non-hydrogen) atoms. The number of nitrogens with zero attached hydrogens (tertiary/aromatic N) is 2. The molecule has 0 bridgehead atoms. The van der Waals surface area contributed by atoms with E-state index in [4.69, 9.17) is 11.6 Å². The molecule has 0 spiro atoms. The van der Waals surface area contributed by atoms with Gasteiger partial charge in [0.2, 0.25) is 0 Å². The normalized spacial score (nSPS) is 11.1. The fraction of sp³-hybridized carbons (Fsp3) is 0.273. The van der Waals surface area contributed by atoms with E-state index in [0.29, 0.717) is 5.92 Å².